The zero-order chi connectivity index (χ0) is 17.1. The molecule has 0 aliphatic carbocycles. The number of hydrogen-bond donors (Lipinski definition) is 2. The molecule has 8 nitrogen and oxygen atoms in total. The van der Waals surface area contributed by atoms with E-state index in [2.05, 4.69) is 21.8 Å². The van der Waals surface area contributed by atoms with Gasteiger partial charge in [-0.2, -0.15) is 9.97 Å². The third-order valence-electron chi connectivity index (χ3n) is 4.76. The van der Waals surface area contributed by atoms with Crippen LogP contribution in [0.3, 0.4) is 0 Å². The summed E-state index contributed by atoms with van der Waals surface area (Å²) >= 11 is 0. The minimum absolute atomic E-state index is 0.149. The van der Waals surface area contributed by atoms with Crippen LogP contribution >= 0.6 is 0 Å². The van der Waals surface area contributed by atoms with E-state index in [1.807, 2.05) is 4.90 Å². The van der Waals surface area contributed by atoms with Crippen molar-refractivity contribution in [2.45, 2.75) is 19.8 Å². The van der Waals surface area contributed by atoms with Crippen LogP contribution in [0.15, 0.2) is 6.07 Å². The third kappa shape index (κ3) is 3.53. The summed E-state index contributed by atoms with van der Waals surface area (Å²) in [4.78, 5) is 24.6. The molecule has 2 fully saturated rings. The summed E-state index contributed by atoms with van der Waals surface area (Å²) in [6.07, 6.45) is 1.89. The molecule has 1 aromatic heterocycles. The molecule has 3 N–H and O–H groups in total. The van der Waals surface area contributed by atoms with Gasteiger partial charge < -0.3 is 25.4 Å². The fourth-order valence-corrected chi connectivity index (χ4v) is 3.51. The first-order chi connectivity index (χ1) is 11.6. The van der Waals surface area contributed by atoms with Gasteiger partial charge in [-0.1, -0.05) is 13.3 Å². The summed E-state index contributed by atoms with van der Waals surface area (Å²) in [6.45, 7) is 6.02. The smallest absolute Gasteiger partial charge is 0.308 e. The maximum Gasteiger partial charge on any atom is 0.308 e. The van der Waals surface area contributed by atoms with Crippen molar-refractivity contribution in [3.63, 3.8) is 0 Å². The second-order valence-corrected chi connectivity index (χ2v) is 6.45. The highest BCUT2D eigenvalue weighted by molar-refractivity contribution is 5.72. The zero-order valence-electron chi connectivity index (χ0n) is 14.0. The Kier molecular flexibility index (Phi) is 5.03. The van der Waals surface area contributed by atoms with E-state index in [0.29, 0.717) is 43.9 Å². The Morgan fingerprint density at radius 2 is 2.08 bits per heavy atom. The van der Waals surface area contributed by atoms with Crippen molar-refractivity contribution in [2.75, 3.05) is 54.9 Å². The van der Waals surface area contributed by atoms with E-state index in [1.165, 1.54) is 0 Å². The number of carboxylic acids is 1. The van der Waals surface area contributed by atoms with Crippen LogP contribution in [0.4, 0.5) is 17.6 Å². The summed E-state index contributed by atoms with van der Waals surface area (Å²) in [5.74, 6) is 0.787. The molecule has 2 saturated heterocycles. The first kappa shape index (κ1) is 16.8. The van der Waals surface area contributed by atoms with Crippen LogP contribution < -0.4 is 15.5 Å². The van der Waals surface area contributed by atoms with Crippen LogP contribution in [0.1, 0.15) is 19.8 Å². The maximum atomic E-state index is 11.5. The lowest BCUT2D eigenvalue weighted by Crippen LogP contribution is -2.37. The quantitative estimate of drug-likeness (QED) is 0.815. The lowest BCUT2D eigenvalue weighted by molar-refractivity contribution is -0.142. The van der Waals surface area contributed by atoms with Crippen molar-refractivity contribution in [3.8, 4) is 0 Å². The lowest BCUT2D eigenvalue weighted by Gasteiger charge is -2.28. The number of nitrogen functional groups attached to an aromatic ring is 1. The van der Waals surface area contributed by atoms with Gasteiger partial charge >= 0.3 is 5.97 Å². The number of rotatable bonds is 5. The van der Waals surface area contributed by atoms with Gasteiger partial charge in [-0.25, -0.2) is 0 Å². The molecule has 8 heteroatoms. The minimum Gasteiger partial charge on any atom is -0.481 e. The number of aliphatic carboxylic acids is 1. The fraction of sp³-hybridized carbons (Fsp3) is 0.688. The van der Waals surface area contributed by atoms with Crippen molar-refractivity contribution in [1.82, 2.24) is 9.97 Å². The Morgan fingerprint density at radius 3 is 2.75 bits per heavy atom. The molecule has 132 valence electrons. The number of morpholine rings is 1. The van der Waals surface area contributed by atoms with E-state index in [4.69, 9.17) is 10.5 Å². The Labute approximate surface area is 141 Å². The van der Waals surface area contributed by atoms with E-state index in [-0.39, 0.29) is 11.8 Å². The first-order valence-electron chi connectivity index (χ1n) is 8.53. The number of aromatic nitrogens is 2. The Morgan fingerprint density at radius 1 is 1.33 bits per heavy atom. The molecule has 24 heavy (non-hydrogen) atoms. The molecule has 0 radical (unpaired) electrons. The molecule has 0 unspecified atom stereocenters. The average Bonchev–Trinajstić information content (AvgIpc) is 3.00. The number of nitrogens with zero attached hydrogens (tertiary/aromatic N) is 4. The molecule has 0 aromatic carbocycles. The highest BCUT2D eigenvalue weighted by Gasteiger charge is 2.37. The third-order valence-corrected chi connectivity index (χ3v) is 4.76. The number of carboxylic acid groups (broad SMARTS) is 1. The van der Waals surface area contributed by atoms with Crippen LogP contribution in [0.25, 0.3) is 0 Å². The number of carbonyl (C=O) groups is 1. The van der Waals surface area contributed by atoms with Gasteiger partial charge in [0, 0.05) is 32.2 Å². The summed E-state index contributed by atoms with van der Waals surface area (Å²) < 4.78 is 5.36. The molecule has 1 aromatic rings. The number of anilines is 3. The zero-order valence-corrected chi connectivity index (χ0v) is 14.0. The van der Waals surface area contributed by atoms with Crippen molar-refractivity contribution >= 4 is 23.6 Å². The Balaban J connectivity index is 1.81. The van der Waals surface area contributed by atoms with E-state index in [1.54, 1.807) is 6.07 Å². The van der Waals surface area contributed by atoms with Crippen LogP contribution in [0.5, 0.6) is 0 Å². The van der Waals surface area contributed by atoms with Crippen molar-refractivity contribution in [3.05, 3.63) is 6.07 Å². The molecule has 0 spiro atoms. The molecular weight excluding hydrogens is 310 g/mol. The van der Waals surface area contributed by atoms with Crippen molar-refractivity contribution in [2.24, 2.45) is 11.8 Å². The molecule has 2 aliphatic rings. The molecule has 3 heterocycles. The monoisotopic (exact) mass is 335 g/mol. The average molecular weight is 335 g/mol. The summed E-state index contributed by atoms with van der Waals surface area (Å²) in [7, 11) is 0. The molecule has 3 rings (SSSR count). The van der Waals surface area contributed by atoms with Gasteiger partial charge in [0.1, 0.15) is 11.6 Å². The fourth-order valence-electron chi connectivity index (χ4n) is 3.51. The molecule has 0 bridgehead atoms. The molecule has 2 aliphatic heterocycles. The highest BCUT2D eigenvalue weighted by atomic mass is 16.5. The predicted octanol–water partition coefficient (Wildman–Crippen LogP) is 0.833. The van der Waals surface area contributed by atoms with E-state index in [9.17, 15) is 9.90 Å². The standard InChI is InChI=1S/C16H25N5O3/c1-2-3-11-9-21(10-12(11)15(22)23)14-8-13(17)18-16(19-14)20-4-6-24-7-5-20/h8,11-12H,2-7,9-10H2,1H3,(H,22,23)(H2,17,18,19)/t11-,12-/m1/s1. The highest BCUT2D eigenvalue weighted by Crippen LogP contribution is 2.31. The number of hydrogen-bond acceptors (Lipinski definition) is 7. The van der Waals surface area contributed by atoms with Crippen molar-refractivity contribution < 1.29 is 14.6 Å². The second kappa shape index (κ2) is 7.21. The first-order valence-corrected chi connectivity index (χ1v) is 8.53. The SMILES string of the molecule is CCC[C@@H]1CN(c2cc(N)nc(N3CCOCC3)n2)C[C@H]1C(=O)O. The van der Waals surface area contributed by atoms with Crippen LogP contribution in [-0.4, -0.2) is 60.4 Å². The number of nitrogens with two attached hydrogens (primary N) is 1. The topological polar surface area (TPSA) is 105 Å². The van der Waals surface area contributed by atoms with Crippen LogP contribution in [0.2, 0.25) is 0 Å². The van der Waals surface area contributed by atoms with E-state index in [0.717, 1.165) is 25.9 Å². The predicted molar refractivity (Wildman–Crippen MR) is 91.2 cm³/mol. The lowest BCUT2D eigenvalue weighted by atomic mass is 9.92. The maximum absolute atomic E-state index is 11.5. The van der Waals surface area contributed by atoms with Crippen LogP contribution in [-0.2, 0) is 9.53 Å². The molecule has 2 atom stereocenters. The largest absolute Gasteiger partial charge is 0.481 e. The Hall–Kier alpha value is -2.09. The van der Waals surface area contributed by atoms with Gasteiger partial charge in [0.2, 0.25) is 5.95 Å². The van der Waals surface area contributed by atoms with Gasteiger partial charge in [-0.15, -0.1) is 0 Å². The van der Waals surface area contributed by atoms with E-state index < -0.39 is 5.97 Å². The van der Waals surface area contributed by atoms with Gasteiger partial charge in [-0.05, 0) is 12.3 Å². The second-order valence-electron chi connectivity index (χ2n) is 6.45. The molecule has 0 saturated carbocycles. The van der Waals surface area contributed by atoms with Crippen LogP contribution in [0, 0.1) is 11.8 Å². The number of ether oxygens (including phenoxy) is 1. The van der Waals surface area contributed by atoms with Gasteiger partial charge in [0.05, 0.1) is 19.1 Å². The minimum atomic E-state index is -0.730. The van der Waals surface area contributed by atoms with Gasteiger partial charge in [0.25, 0.3) is 0 Å². The van der Waals surface area contributed by atoms with Gasteiger partial charge in [-0.3, -0.25) is 4.79 Å². The van der Waals surface area contributed by atoms with E-state index >= 15 is 0 Å². The normalized spacial score (nSPS) is 24.4. The molecule has 0 amide bonds. The van der Waals surface area contributed by atoms with Crippen molar-refractivity contribution in [1.29, 1.82) is 0 Å². The Bertz CT molecular complexity index is 591. The van der Waals surface area contributed by atoms with Gasteiger partial charge in [0.15, 0.2) is 0 Å². The summed E-state index contributed by atoms with van der Waals surface area (Å²) in [5.41, 5.74) is 5.97. The summed E-state index contributed by atoms with van der Waals surface area (Å²) in [6, 6.07) is 1.73. The molecular formula is C16H25N5O3. The summed E-state index contributed by atoms with van der Waals surface area (Å²) in [5, 5.41) is 9.48.